The van der Waals surface area contributed by atoms with Crippen LogP contribution >= 0.6 is 11.6 Å². The highest BCUT2D eigenvalue weighted by Crippen LogP contribution is 2.21. The van der Waals surface area contributed by atoms with E-state index in [9.17, 15) is 0 Å². The zero-order chi connectivity index (χ0) is 10.6. The van der Waals surface area contributed by atoms with E-state index in [1.807, 2.05) is 19.2 Å². The monoisotopic (exact) mass is 213 g/mol. The molecule has 0 aliphatic rings. The SMILES string of the molecule is COc1ccc([C@@H](C)N(C)CCl)cc1. The highest BCUT2D eigenvalue weighted by Gasteiger charge is 2.09. The third-order valence-electron chi connectivity index (χ3n) is 2.45. The molecule has 0 fully saturated rings. The highest BCUT2D eigenvalue weighted by atomic mass is 35.5. The molecule has 78 valence electrons. The minimum absolute atomic E-state index is 0.332. The number of hydrogen-bond donors (Lipinski definition) is 0. The Balaban J connectivity index is 2.75. The summed E-state index contributed by atoms with van der Waals surface area (Å²) in [5, 5.41) is 0. The van der Waals surface area contributed by atoms with Crippen molar-refractivity contribution in [3.8, 4) is 5.75 Å². The van der Waals surface area contributed by atoms with Gasteiger partial charge in [0.1, 0.15) is 5.75 Å². The molecule has 0 aliphatic carbocycles. The first-order valence-electron chi connectivity index (χ1n) is 4.59. The third-order valence-corrected chi connectivity index (χ3v) is 2.82. The molecule has 0 N–H and O–H groups in total. The third kappa shape index (κ3) is 2.63. The lowest BCUT2D eigenvalue weighted by atomic mass is 10.1. The van der Waals surface area contributed by atoms with Crippen molar-refractivity contribution in [3.05, 3.63) is 29.8 Å². The van der Waals surface area contributed by atoms with E-state index in [2.05, 4.69) is 24.0 Å². The van der Waals surface area contributed by atoms with Crippen molar-refractivity contribution in [3.63, 3.8) is 0 Å². The zero-order valence-electron chi connectivity index (χ0n) is 8.83. The van der Waals surface area contributed by atoms with Gasteiger partial charge in [-0.3, -0.25) is 4.90 Å². The topological polar surface area (TPSA) is 12.5 Å². The second-order valence-corrected chi connectivity index (χ2v) is 3.56. The molecule has 0 spiro atoms. The van der Waals surface area contributed by atoms with Crippen LogP contribution in [-0.4, -0.2) is 25.1 Å². The Morgan fingerprint density at radius 1 is 1.36 bits per heavy atom. The van der Waals surface area contributed by atoms with Crippen LogP contribution in [0.2, 0.25) is 0 Å². The fourth-order valence-corrected chi connectivity index (χ4v) is 1.45. The first kappa shape index (κ1) is 11.3. The van der Waals surface area contributed by atoms with Crippen LogP contribution in [0.4, 0.5) is 0 Å². The van der Waals surface area contributed by atoms with Gasteiger partial charge in [0, 0.05) is 6.04 Å². The molecule has 3 heteroatoms. The van der Waals surface area contributed by atoms with Gasteiger partial charge in [-0.05, 0) is 31.7 Å². The van der Waals surface area contributed by atoms with Crippen LogP contribution in [0, 0.1) is 0 Å². The van der Waals surface area contributed by atoms with Crippen molar-refractivity contribution in [1.82, 2.24) is 4.90 Å². The van der Waals surface area contributed by atoms with Crippen molar-refractivity contribution in [1.29, 1.82) is 0 Å². The normalized spacial score (nSPS) is 12.9. The number of ether oxygens (including phenoxy) is 1. The van der Waals surface area contributed by atoms with Gasteiger partial charge in [0.25, 0.3) is 0 Å². The Morgan fingerprint density at radius 2 is 1.93 bits per heavy atom. The number of rotatable bonds is 4. The van der Waals surface area contributed by atoms with Gasteiger partial charge in [-0.25, -0.2) is 0 Å². The Morgan fingerprint density at radius 3 is 2.36 bits per heavy atom. The van der Waals surface area contributed by atoms with Gasteiger partial charge < -0.3 is 4.74 Å². The summed E-state index contributed by atoms with van der Waals surface area (Å²) >= 11 is 5.76. The van der Waals surface area contributed by atoms with Crippen molar-refractivity contribution in [2.45, 2.75) is 13.0 Å². The Hall–Kier alpha value is -0.730. The molecule has 0 saturated carbocycles. The first-order valence-corrected chi connectivity index (χ1v) is 5.12. The predicted octanol–water partition coefficient (Wildman–Crippen LogP) is 2.88. The van der Waals surface area contributed by atoms with Gasteiger partial charge in [-0.15, -0.1) is 11.6 Å². The summed E-state index contributed by atoms with van der Waals surface area (Å²) in [4.78, 5) is 2.07. The van der Waals surface area contributed by atoms with Crippen LogP contribution in [0.15, 0.2) is 24.3 Å². The van der Waals surface area contributed by atoms with Crippen LogP contribution in [0.1, 0.15) is 18.5 Å². The highest BCUT2D eigenvalue weighted by molar-refractivity contribution is 6.17. The lowest BCUT2D eigenvalue weighted by molar-refractivity contribution is 0.304. The van der Waals surface area contributed by atoms with Crippen LogP contribution in [0.5, 0.6) is 5.75 Å². The number of methoxy groups -OCH3 is 1. The van der Waals surface area contributed by atoms with Crippen LogP contribution in [0.3, 0.4) is 0 Å². The van der Waals surface area contributed by atoms with Crippen LogP contribution in [0.25, 0.3) is 0 Å². The molecule has 14 heavy (non-hydrogen) atoms. The lowest BCUT2D eigenvalue weighted by Gasteiger charge is -2.22. The number of benzene rings is 1. The summed E-state index contributed by atoms with van der Waals surface area (Å²) in [5.41, 5.74) is 1.24. The maximum Gasteiger partial charge on any atom is 0.118 e. The first-order chi connectivity index (χ1) is 6.69. The van der Waals surface area contributed by atoms with Gasteiger partial charge in [-0.1, -0.05) is 12.1 Å². The molecule has 0 heterocycles. The van der Waals surface area contributed by atoms with Crippen molar-refractivity contribution in [2.75, 3.05) is 20.2 Å². The Labute approximate surface area is 90.4 Å². The summed E-state index contributed by atoms with van der Waals surface area (Å²) in [7, 11) is 3.67. The van der Waals surface area contributed by atoms with Gasteiger partial charge in [0.2, 0.25) is 0 Å². The van der Waals surface area contributed by atoms with E-state index in [-0.39, 0.29) is 0 Å². The van der Waals surface area contributed by atoms with E-state index >= 15 is 0 Å². The summed E-state index contributed by atoms with van der Waals surface area (Å²) < 4.78 is 5.10. The van der Waals surface area contributed by atoms with E-state index in [4.69, 9.17) is 16.3 Å². The molecule has 1 atom stereocenters. The average molecular weight is 214 g/mol. The minimum Gasteiger partial charge on any atom is -0.497 e. The molecule has 0 saturated heterocycles. The van der Waals surface area contributed by atoms with Crippen molar-refractivity contribution < 1.29 is 4.74 Å². The Kier molecular flexibility index (Phi) is 4.23. The smallest absolute Gasteiger partial charge is 0.118 e. The molecule has 0 amide bonds. The van der Waals surface area contributed by atoms with Gasteiger partial charge in [0.05, 0.1) is 13.1 Å². The van der Waals surface area contributed by atoms with E-state index in [1.54, 1.807) is 7.11 Å². The standard InChI is InChI=1S/C11H16ClNO/c1-9(13(2)8-12)10-4-6-11(14-3)7-5-10/h4-7,9H,8H2,1-3H3/t9-/m1/s1. The maximum atomic E-state index is 5.76. The number of halogens is 1. The summed E-state index contributed by atoms with van der Waals surface area (Å²) in [5.74, 6) is 0.884. The molecule has 0 unspecified atom stereocenters. The molecule has 0 aliphatic heterocycles. The van der Waals surface area contributed by atoms with E-state index in [1.165, 1.54) is 5.56 Å². The molecule has 2 nitrogen and oxygen atoms in total. The molecule has 0 bridgehead atoms. The van der Waals surface area contributed by atoms with Crippen molar-refractivity contribution >= 4 is 11.6 Å². The van der Waals surface area contributed by atoms with E-state index in [0.717, 1.165) is 5.75 Å². The largest absolute Gasteiger partial charge is 0.497 e. The lowest BCUT2D eigenvalue weighted by Crippen LogP contribution is -2.20. The van der Waals surface area contributed by atoms with E-state index < -0.39 is 0 Å². The van der Waals surface area contributed by atoms with Crippen molar-refractivity contribution in [2.24, 2.45) is 0 Å². The zero-order valence-corrected chi connectivity index (χ0v) is 9.58. The number of hydrogen-bond acceptors (Lipinski definition) is 2. The van der Waals surface area contributed by atoms with Gasteiger partial charge >= 0.3 is 0 Å². The van der Waals surface area contributed by atoms with Gasteiger partial charge in [-0.2, -0.15) is 0 Å². The van der Waals surface area contributed by atoms with Crippen LogP contribution in [-0.2, 0) is 0 Å². The Bertz CT molecular complexity index is 273. The molecule has 1 aromatic carbocycles. The van der Waals surface area contributed by atoms with E-state index in [0.29, 0.717) is 12.0 Å². The van der Waals surface area contributed by atoms with Crippen LogP contribution < -0.4 is 4.74 Å². The maximum absolute atomic E-state index is 5.76. The fraction of sp³-hybridized carbons (Fsp3) is 0.455. The molecular formula is C11H16ClNO. The quantitative estimate of drug-likeness (QED) is 0.563. The molecule has 1 rings (SSSR count). The molecular weight excluding hydrogens is 198 g/mol. The predicted molar refractivity (Wildman–Crippen MR) is 59.9 cm³/mol. The summed E-state index contributed by atoms with van der Waals surface area (Å²) in [6.45, 7) is 2.13. The molecule has 1 aromatic rings. The molecule has 0 aromatic heterocycles. The average Bonchev–Trinajstić information content (AvgIpc) is 2.27. The summed E-state index contributed by atoms with van der Waals surface area (Å²) in [6.07, 6.45) is 0. The van der Waals surface area contributed by atoms with Gasteiger partial charge in [0.15, 0.2) is 0 Å². The fourth-order valence-electron chi connectivity index (χ4n) is 1.24. The number of alkyl halides is 1. The second-order valence-electron chi connectivity index (χ2n) is 3.33. The molecule has 0 radical (unpaired) electrons. The second kappa shape index (κ2) is 5.23. The minimum atomic E-state index is 0.332. The summed E-state index contributed by atoms with van der Waals surface area (Å²) in [6, 6.07) is 8.92. The number of nitrogens with zero attached hydrogens (tertiary/aromatic N) is 1.